The molecule has 1 aromatic carbocycles. The van der Waals surface area contributed by atoms with Gasteiger partial charge in [-0.2, -0.15) is 0 Å². The lowest BCUT2D eigenvalue weighted by Gasteiger charge is -2.41. The number of carbonyl (C=O) groups is 2. The number of ether oxygens (including phenoxy) is 1. The van der Waals surface area contributed by atoms with Gasteiger partial charge in [-0.15, -0.1) is 0 Å². The molecule has 0 radical (unpaired) electrons. The van der Waals surface area contributed by atoms with Gasteiger partial charge in [0.15, 0.2) is 6.23 Å². The number of nitrogens with zero attached hydrogens (tertiary/aromatic N) is 4. The van der Waals surface area contributed by atoms with Crippen LogP contribution < -0.4 is 10.2 Å². The second kappa shape index (κ2) is 9.45. The molecule has 1 aromatic heterocycles. The topological polar surface area (TPSA) is 78.0 Å². The van der Waals surface area contributed by atoms with E-state index in [2.05, 4.69) is 45.3 Å². The van der Waals surface area contributed by atoms with Crippen molar-refractivity contribution in [1.82, 2.24) is 20.1 Å². The van der Waals surface area contributed by atoms with E-state index >= 15 is 0 Å². The molecule has 0 bridgehead atoms. The summed E-state index contributed by atoms with van der Waals surface area (Å²) in [5.41, 5.74) is 3.89. The molecule has 1 fully saturated rings. The van der Waals surface area contributed by atoms with Gasteiger partial charge in [0.05, 0.1) is 6.54 Å². The third kappa shape index (κ3) is 4.55. The molecule has 1 saturated heterocycles. The lowest BCUT2D eigenvalue weighted by Crippen LogP contribution is -2.48. The van der Waals surface area contributed by atoms with Crippen molar-refractivity contribution in [1.29, 1.82) is 0 Å². The number of carbonyl (C=O) groups excluding carboxylic acids is 2. The summed E-state index contributed by atoms with van der Waals surface area (Å²) in [4.78, 5) is 35.7. The average molecular weight is 424 g/mol. The number of aromatic nitrogens is 1. The first-order valence-electron chi connectivity index (χ1n) is 10.6. The number of hydrogen-bond donors (Lipinski definition) is 1. The third-order valence-corrected chi connectivity index (χ3v) is 6.06. The first-order chi connectivity index (χ1) is 15.1. The Morgan fingerprint density at radius 3 is 2.55 bits per heavy atom. The van der Waals surface area contributed by atoms with Gasteiger partial charge in [-0.1, -0.05) is 12.1 Å². The van der Waals surface area contributed by atoms with Crippen molar-refractivity contribution in [3.05, 3.63) is 59.4 Å². The number of benzene rings is 1. The molecule has 2 aliphatic heterocycles. The van der Waals surface area contributed by atoms with Gasteiger partial charge in [0.2, 0.25) is 5.91 Å². The van der Waals surface area contributed by atoms with Crippen molar-refractivity contribution >= 4 is 17.5 Å². The van der Waals surface area contributed by atoms with Crippen molar-refractivity contribution in [3.63, 3.8) is 0 Å². The maximum atomic E-state index is 13.0. The molecule has 0 aliphatic carbocycles. The predicted molar refractivity (Wildman–Crippen MR) is 118 cm³/mol. The zero-order valence-corrected chi connectivity index (χ0v) is 18.1. The predicted octanol–water partition coefficient (Wildman–Crippen LogP) is 1.29. The number of hydrogen-bond acceptors (Lipinski definition) is 6. The molecule has 0 spiro atoms. The van der Waals surface area contributed by atoms with Crippen molar-refractivity contribution in [2.45, 2.75) is 12.6 Å². The fourth-order valence-corrected chi connectivity index (χ4v) is 4.30. The summed E-state index contributed by atoms with van der Waals surface area (Å²) >= 11 is 0. The second-order valence-electron chi connectivity index (χ2n) is 7.98. The second-order valence-corrected chi connectivity index (χ2v) is 7.98. The number of piperazine rings is 1. The van der Waals surface area contributed by atoms with Crippen molar-refractivity contribution in [3.8, 4) is 0 Å². The highest BCUT2D eigenvalue weighted by molar-refractivity contribution is 5.96. The van der Waals surface area contributed by atoms with Crippen LogP contribution in [0.4, 0.5) is 5.69 Å². The highest BCUT2D eigenvalue weighted by Crippen LogP contribution is 2.37. The molecule has 31 heavy (non-hydrogen) atoms. The fraction of sp³-hybridized carbons (Fsp3) is 0.435. The van der Waals surface area contributed by atoms with Crippen LogP contribution in [0.25, 0.3) is 0 Å². The Balaban J connectivity index is 1.50. The van der Waals surface area contributed by atoms with Crippen LogP contribution in [-0.2, 0) is 16.0 Å². The van der Waals surface area contributed by atoms with Gasteiger partial charge in [-0.25, -0.2) is 0 Å². The van der Waals surface area contributed by atoms with Gasteiger partial charge in [0.1, 0.15) is 0 Å². The molecule has 164 valence electrons. The minimum atomic E-state index is -0.468. The van der Waals surface area contributed by atoms with Crippen LogP contribution in [0, 0.1) is 0 Å². The number of likely N-dealkylation sites (N-methyl/N-ethyl adjacent to an activating group) is 1. The summed E-state index contributed by atoms with van der Waals surface area (Å²) in [5.74, 6) is -0.451. The Morgan fingerprint density at radius 2 is 1.84 bits per heavy atom. The van der Waals surface area contributed by atoms with E-state index in [-0.39, 0.29) is 18.4 Å². The zero-order valence-electron chi connectivity index (χ0n) is 18.1. The maximum absolute atomic E-state index is 13.0. The first kappa shape index (κ1) is 21.3. The van der Waals surface area contributed by atoms with Crippen molar-refractivity contribution < 1.29 is 14.3 Å². The van der Waals surface area contributed by atoms with Gasteiger partial charge in [-0.3, -0.25) is 14.6 Å². The van der Waals surface area contributed by atoms with E-state index in [0.717, 1.165) is 43.9 Å². The monoisotopic (exact) mass is 423 g/mol. The highest BCUT2D eigenvalue weighted by atomic mass is 16.5. The molecule has 3 heterocycles. The van der Waals surface area contributed by atoms with E-state index in [4.69, 9.17) is 4.74 Å². The van der Waals surface area contributed by atoms with Crippen LogP contribution in [0.2, 0.25) is 0 Å². The Morgan fingerprint density at radius 1 is 1.10 bits per heavy atom. The van der Waals surface area contributed by atoms with Crippen LogP contribution in [0.5, 0.6) is 0 Å². The van der Waals surface area contributed by atoms with Gasteiger partial charge in [0, 0.05) is 69.0 Å². The minimum Gasteiger partial charge on any atom is -0.369 e. The third-order valence-electron chi connectivity index (χ3n) is 6.06. The summed E-state index contributed by atoms with van der Waals surface area (Å²) in [6.45, 7) is 4.38. The summed E-state index contributed by atoms with van der Waals surface area (Å²) in [5, 5.41) is 2.72. The molecule has 1 unspecified atom stereocenters. The Bertz CT molecular complexity index is 928. The van der Waals surface area contributed by atoms with Gasteiger partial charge >= 0.3 is 0 Å². The first-order valence-corrected chi connectivity index (χ1v) is 10.6. The number of anilines is 1. The number of fused-ring (bicyclic) bond motifs is 1. The Hall–Kier alpha value is -2.97. The normalized spacial score (nSPS) is 19.1. The van der Waals surface area contributed by atoms with Crippen LogP contribution in [0.3, 0.4) is 0 Å². The van der Waals surface area contributed by atoms with Crippen molar-refractivity contribution in [2.24, 2.45) is 0 Å². The van der Waals surface area contributed by atoms with E-state index < -0.39 is 6.23 Å². The smallest absolute Gasteiger partial charge is 0.251 e. The van der Waals surface area contributed by atoms with Gasteiger partial charge in [-0.05, 0) is 37.2 Å². The largest absolute Gasteiger partial charge is 0.369 e. The van der Waals surface area contributed by atoms with Gasteiger partial charge < -0.3 is 24.8 Å². The molecule has 0 saturated carbocycles. The molecule has 2 amide bonds. The van der Waals surface area contributed by atoms with E-state index in [1.54, 1.807) is 36.5 Å². The molecule has 1 atom stereocenters. The SMILES string of the molecule is COC1c2c(cccc2N2CCN(C)CC2)CCN1C(=O)CNC(=O)c1ccncc1. The fourth-order valence-electron chi connectivity index (χ4n) is 4.30. The average Bonchev–Trinajstić information content (AvgIpc) is 2.82. The molecule has 4 rings (SSSR count). The number of methoxy groups -OCH3 is 1. The van der Waals surface area contributed by atoms with Crippen LogP contribution in [0.1, 0.15) is 27.7 Å². The minimum absolute atomic E-state index is 0.0764. The summed E-state index contributed by atoms with van der Waals surface area (Å²) < 4.78 is 5.84. The summed E-state index contributed by atoms with van der Waals surface area (Å²) in [6, 6.07) is 9.57. The number of amides is 2. The molecule has 8 heteroatoms. The quantitative estimate of drug-likeness (QED) is 0.781. The van der Waals surface area contributed by atoms with Crippen molar-refractivity contribution in [2.75, 3.05) is 58.3 Å². The Kier molecular flexibility index (Phi) is 6.48. The lowest BCUT2D eigenvalue weighted by molar-refractivity contribution is -0.144. The van der Waals surface area contributed by atoms with Gasteiger partial charge in [0.25, 0.3) is 5.91 Å². The molecular weight excluding hydrogens is 394 g/mol. The lowest BCUT2D eigenvalue weighted by atomic mass is 9.95. The van der Waals surface area contributed by atoms with Crippen LogP contribution in [-0.4, -0.2) is 80.0 Å². The molecule has 1 N–H and O–H groups in total. The number of pyridine rings is 1. The number of rotatable bonds is 5. The molecule has 8 nitrogen and oxygen atoms in total. The van der Waals surface area contributed by atoms with Crippen LogP contribution >= 0.6 is 0 Å². The molecule has 2 aromatic rings. The number of nitrogens with one attached hydrogen (secondary N) is 1. The molecule has 2 aliphatic rings. The summed E-state index contributed by atoms with van der Waals surface area (Å²) in [7, 11) is 3.77. The van der Waals surface area contributed by atoms with Crippen LogP contribution in [0.15, 0.2) is 42.7 Å². The van der Waals surface area contributed by atoms with E-state index in [9.17, 15) is 9.59 Å². The standard InChI is InChI=1S/C23H29N5O3/c1-26-12-14-27(15-13-26)19-5-3-4-17-8-11-28(23(31-2)21(17)19)20(29)16-25-22(30)18-6-9-24-10-7-18/h3-7,9-10,23H,8,11-16H2,1-2H3,(H,25,30). The van der Waals surface area contributed by atoms with E-state index in [1.807, 2.05) is 0 Å². The van der Waals surface area contributed by atoms with E-state index in [1.165, 1.54) is 5.56 Å². The zero-order chi connectivity index (χ0) is 21.8. The molecular formula is C23H29N5O3. The van der Waals surface area contributed by atoms with E-state index in [0.29, 0.717) is 12.1 Å². The summed E-state index contributed by atoms with van der Waals surface area (Å²) in [6.07, 6.45) is 3.41. The Labute approximate surface area is 182 Å². The highest BCUT2D eigenvalue weighted by Gasteiger charge is 2.34. The maximum Gasteiger partial charge on any atom is 0.251 e.